The van der Waals surface area contributed by atoms with E-state index in [9.17, 15) is 10.1 Å². The molecule has 0 saturated heterocycles. The third kappa shape index (κ3) is 3.15. The minimum absolute atomic E-state index is 0.0182. The average molecular weight is 356 g/mol. The quantitative estimate of drug-likeness (QED) is 0.459. The number of rotatable bonds is 5. The van der Waals surface area contributed by atoms with Crippen LogP contribution in [0.1, 0.15) is 13.8 Å². The van der Waals surface area contributed by atoms with Crippen LogP contribution in [0.25, 0.3) is 22.0 Å². The third-order valence-corrected chi connectivity index (χ3v) is 4.45. The molecule has 0 spiro atoms. The van der Waals surface area contributed by atoms with Crippen LogP contribution in [0.2, 0.25) is 5.02 Å². The van der Waals surface area contributed by atoms with Gasteiger partial charge in [0.2, 0.25) is 5.82 Å². The van der Waals surface area contributed by atoms with Gasteiger partial charge in [0.25, 0.3) is 0 Å². The summed E-state index contributed by atoms with van der Waals surface area (Å²) >= 11 is 6.16. The predicted molar refractivity (Wildman–Crippen MR) is 102 cm³/mol. The van der Waals surface area contributed by atoms with Crippen LogP contribution >= 0.6 is 11.6 Å². The first-order chi connectivity index (χ1) is 12.1. The molecule has 1 aromatic heterocycles. The number of nitro groups is 1. The van der Waals surface area contributed by atoms with Crippen molar-refractivity contribution in [2.24, 2.45) is 0 Å². The topological polar surface area (TPSA) is 59.3 Å². The summed E-state index contributed by atoms with van der Waals surface area (Å²) in [6, 6.07) is 14.7. The summed E-state index contributed by atoms with van der Waals surface area (Å²) in [5.74, 6) is 0.392. The Hall–Kier alpha value is -2.66. The first-order valence-electron chi connectivity index (χ1n) is 8.14. The number of benzene rings is 2. The van der Waals surface area contributed by atoms with Gasteiger partial charge in [-0.1, -0.05) is 41.9 Å². The number of pyridine rings is 1. The number of hydrogen-bond donors (Lipinski definition) is 0. The third-order valence-electron chi connectivity index (χ3n) is 4.21. The van der Waals surface area contributed by atoms with E-state index in [-0.39, 0.29) is 10.6 Å². The molecule has 0 saturated carbocycles. The molecule has 0 unspecified atom stereocenters. The van der Waals surface area contributed by atoms with Crippen LogP contribution < -0.4 is 4.90 Å². The smallest absolute Gasteiger partial charge is 0.319 e. The lowest BCUT2D eigenvalue weighted by Gasteiger charge is -2.21. The molecule has 25 heavy (non-hydrogen) atoms. The molecule has 3 aromatic rings. The van der Waals surface area contributed by atoms with Gasteiger partial charge in [-0.2, -0.15) is 0 Å². The molecule has 0 N–H and O–H groups in total. The van der Waals surface area contributed by atoms with Crippen molar-refractivity contribution < 1.29 is 4.92 Å². The molecule has 0 aliphatic carbocycles. The molecule has 0 fully saturated rings. The lowest BCUT2D eigenvalue weighted by Crippen LogP contribution is -2.24. The van der Waals surface area contributed by atoms with Gasteiger partial charge in [0.15, 0.2) is 0 Å². The van der Waals surface area contributed by atoms with Gasteiger partial charge in [-0.25, -0.2) is 4.98 Å². The number of fused-ring (bicyclic) bond motifs is 1. The molecule has 0 amide bonds. The lowest BCUT2D eigenvalue weighted by atomic mass is 9.98. The summed E-state index contributed by atoms with van der Waals surface area (Å²) in [7, 11) is 0. The highest BCUT2D eigenvalue weighted by Gasteiger charge is 2.28. The Morgan fingerprint density at radius 2 is 1.80 bits per heavy atom. The molecule has 128 valence electrons. The van der Waals surface area contributed by atoms with Gasteiger partial charge in [-0.15, -0.1) is 0 Å². The lowest BCUT2D eigenvalue weighted by molar-refractivity contribution is -0.383. The van der Waals surface area contributed by atoms with Crippen molar-refractivity contribution in [1.82, 2.24) is 4.98 Å². The molecular formula is C19H18ClN3O2. The van der Waals surface area contributed by atoms with Crippen molar-refractivity contribution >= 4 is 34.0 Å². The van der Waals surface area contributed by atoms with Crippen LogP contribution in [0.15, 0.2) is 48.5 Å². The highest BCUT2D eigenvalue weighted by molar-refractivity contribution is 6.31. The maximum Gasteiger partial charge on any atom is 0.319 e. The summed E-state index contributed by atoms with van der Waals surface area (Å²) in [6.07, 6.45) is 0. The zero-order valence-corrected chi connectivity index (χ0v) is 14.8. The van der Waals surface area contributed by atoms with E-state index in [0.29, 0.717) is 40.4 Å². The van der Waals surface area contributed by atoms with E-state index in [1.807, 2.05) is 49.1 Å². The van der Waals surface area contributed by atoms with E-state index in [1.54, 1.807) is 18.2 Å². The fourth-order valence-electron chi connectivity index (χ4n) is 3.03. The summed E-state index contributed by atoms with van der Waals surface area (Å²) < 4.78 is 0. The fraction of sp³-hybridized carbons (Fsp3) is 0.211. The van der Waals surface area contributed by atoms with Gasteiger partial charge in [-0.3, -0.25) is 10.1 Å². The van der Waals surface area contributed by atoms with E-state index < -0.39 is 0 Å². The fourth-order valence-corrected chi connectivity index (χ4v) is 3.20. The maximum absolute atomic E-state index is 12.0. The Morgan fingerprint density at radius 3 is 2.40 bits per heavy atom. The van der Waals surface area contributed by atoms with Gasteiger partial charge in [0.05, 0.1) is 16.0 Å². The van der Waals surface area contributed by atoms with Crippen LogP contribution in [-0.2, 0) is 0 Å². The van der Waals surface area contributed by atoms with Gasteiger partial charge in [0.1, 0.15) is 0 Å². The Balaban J connectivity index is 2.48. The summed E-state index contributed by atoms with van der Waals surface area (Å²) in [4.78, 5) is 18.1. The van der Waals surface area contributed by atoms with Gasteiger partial charge in [-0.05, 0) is 37.6 Å². The van der Waals surface area contributed by atoms with Gasteiger partial charge >= 0.3 is 5.69 Å². The van der Waals surface area contributed by atoms with Crippen LogP contribution in [-0.4, -0.2) is 23.0 Å². The van der Waals surface area contributed by atoms with Crippen molar-refractivity contribution in [1.29, 1.82) is 0 Å². The van der Waals surface area contributed by atoms with Crippen LogP contribution in [0.4, 0.5) is 11.5 Å². The normalized spacial score (nSPS) is 10.8. The van der Waals surface area contributed by atoms with E-state index in [0.717, 1.165) is 5.56 Å². The Kier molecular flexibility index (Phi) is 4.86. The maximum atomic E-state index is 12.0. The average Bonchev–Trinajstić information content (AvgIpc) is 2.62. The second-order valence-electron chi connectivity index (χ2n) is 5.62. The molecule has 0 radical (unpaired) electrons. The van der Waals surface area contributed by atoms with E-state index in [4.69, 9.17) is 11.6 Å². The van der Waals surface area contributed by atoms with Crippen molar-refractivity contribution in [2.75, 3.05) is 18.0 Å². The molecule has 2 aromatic carbocycles. The number of nitrogens with zero attached hydrogens (tertiary/aromatic N) is 3. The summed E-state index contributed by atoms with van der Waals surface area (Å²) in [5.41, 5.74) is 2.04. The molecule has 0 bridgehead atoms. The monoisotopic (exact) mass is 355 g/mol. The number of aromatic nitrogens is 1. The highest BCUT2D eigenvalue weighted by Crippen LogP contribution is 2.42. The first kappa shape index (κ1) is 17.2. The van der Waals surface area contributed by atoms with Crippen molar-refractivity contribution in [3.8, 4) is 11.1 Å². The predicted octanol–water partition coefficient (Wildman–Crippen LogP) is 5.31. The van der Waals surface area contributed by atoms with Gasteiger partial charge in [0, 0.05) is 23.5 Å². The highest BCUT2D eigenvalue weighted by atomic mass is 35.5. The number of halogens is 1. The Morgan fingerprint density at radius 1 is 1.12 bits per heavy atom. The SMILES string of the molecule is CCN(CC)c1nc2ccc(Cl)cc2c(-c2ccccc2)c1[N+](=O)[O-]. The second kappa shape index (κ2) is 7.07. The summed E-state index contributed by atoms with van der Waals surface area (Å²) in [5, 5.41) is 13.2. The molecule has 0 aliphatic rings. The Bertz CT molecular complexity index is 925. The van der Waals surface area contributed by atoms with Crippen LogP contribution in [0.3, 0.4) is 0 Å². The minimum Gasteiger partial charge on any atom is -0.351 e. The van der Waals surface area contributed by atoms with Gasteiger partial charge < -0.3 is 4.90 Å². The minimum atomic E-state index is -0.344. The van der Waals surface area contributed by atoms with E-state index >= 15 is 0 Å². The molecule has 3 rings (SSSR count). The zero-order chi connectivity index (χ0) is 18.0. The summed E-state index contributed by atoms with van der Waals surface area (Å²) in [6.45, 7) is 5.20. The molecule has 5 nitrogen and oxygen atoms in total. The van der Waals surface area contributed by atoms with Crippen LogP contribution in [0.5, 0.6) is 0 Å². The van der Waals surface area contributed by atoms with Crippen molar-refractivity contribution in [2.45, 2.75) is 13.8 Å². The Labute approximate surface area is 151 Å². The van der Waals surface area contributed by atoms with Crippen molar-refractivity contribution in [3.05, 3.63) is 63.7 Å². The number of anilines is 1. The van der Waals surface area contributed by atoms with E-state index in [2.05, 4.69) is 4.98 Å². The zero-order valence-electron chi connectivity index (χ0n) is 14.1. The second-order valence-corrected chi connectivity index (χ2v) is 6.05. The number of hydrogen-bond acceptors (Lipinski definition) is 4. The molecule has 0 aliphatic heterocycles. The largest absolute Gasteiger partial charge is 0.351 e. The standard InChI is InChI=1S/C19H18ClN3O2/c1-3-22(4-2)19-18(23(24)25)17(13-8-6-5-7-9-13)15-12-14(20)10-11-16(15)21-19/h5-12H,3-4H2,1-2H3. The van der Waals surface area contributed by atoms with E-state index in [1.165, 1.54) is 0 Å². The van der Waals surface area contributed by atoms with Crippen LogP contribution in [0, 0.1) is 10.1 Å². The molecule has 6 heteroatoms. The van der Waals surface area contributed by atoms with Crippen molar-refractivity contribution in [3.63, 3.8) is 0 Å². The molecule has 0 atom stereocenters. The molecular weight excluding hydrogens is 338 g/mol. The molecule has 1 heterocycles. The first-order valence-corrected chi connectivity index (χ1v) is 8.52.